The normalized spacial score (nSPS) is 15.1. The summed E-state index contributed by atoms with van der Waals surface area (Å²) in [5.74, 6) is -0.193. The third kappa shape index (κ3) is 36.6. The summed E-state index contributed by atoms with van der Waals surface area (Å²) < 4.78 is 23.2. The summed E-state index contributed by atoms with van der Waals surface area (Å²) in [7, 11) is 1.56. The Kier molecular flexibility index (Phi) is 33.7. The predicted molar refractivity (Wildman–Crippen MR) is 221 cm³/mol. The van der Waals surface area contributed by atoms with E-state index in [4.69, 9.17) is 9.05 Å². The van der Waals surface area contributed by atoms with Gasteiger partial charge in [-0.2, -0.15) is 0 Å². The fourth-order valence-corrected chi connectivity index (χ4v) is 6.19. The van der Waals surface area contributed by atoms with Crippen LogP contribution in [0.3, 0.4) is 0 Å². The smallest absolute Gasteiger partial charge is 0.387 e. The van der Waals surface area contributed by atoms with Gasteiger partial charge < -0.3 is 19.8 Å². The number of allylic oxidation sites excluding steroid dienone is 9. The van der Waals surface area contributed by atoms with Crippen molar-refractivity contribution in [3.05, 3.63) is 60.8 Å². The van der Waals surface area contributed by atoms with Crippen LogP contribution in [0.5, 0.6) is 0 Å². The molecule has 3 atom stereocenters. The second-order valence-corrected chi connectivity index (χ2v) is 16.4. The van der Waals surface area contributed by atoms with Crippen LogP contribution in [0.4, 0.5) is 0 Å². The van der Waals surface area contributed by atoms with Gasteiger partial charge in [-0.15, -0.1) is 0 Å². The van der Waals surface area contributed by atoms with Crippen molar-refractivity contribution in [3.8, 4) is 0 Å². The first kappa shape index (κ1) is 50.2. The molecule has 0 saturated heterocycles. The summed E-state index contributed by atoms with van der Waals surface area (Å²) in [5, 5.41) is 13.4. The highest BCUT2D eigenvalue weighted by molar-refractivity contribution is 7.47. The number of carbonyl (C=O) groups is 1. The Labute approximate surface area is 320 Å². The van der Waals surface area contributed by atoms with Gasteiger partial charge >= 0.3 is 7.82 Å². The van der Waals surface area contributed by atoms with E-state index in [2.05, 4.69) is 60.8 Å². The molecule has 3 unspecified atom stereocenters. The highest BCUT2D eigenvalue weighted by Gasteiger charge is 2.27. The molecule has 302 valence electrons. The number of nitrogens with one attached hydrogen (secondary N) is 1. The lowest BCUT2D eigenvalue weighted by molar-refractivity contribution is -0.870. The average Bonchev–Trinajstić information content (AvgIpc) is 3.09. The molecule has 0 spiro atoms. The molecule has 0 rings (SSSR count). The molecular formula is C43H80N2O6P+. The fourth-order valence-electron chi connectivity index (χ4n) is 5.45. The minimum Gasteiger partial charge on any atom is -0.387 e. The van der Waals surface area contributed by atoms with Crippen molar-refractivity contribution in [2.75, 3.05) is 40.9 Å². The highest BCUT2D eigenvalue weighted by Crippen LogP contribution is 2.43. The van der Waals surface area contributed by atoms with Gasteiger partial charge in [0.25, 0.3) is 0 Å². The number of hydrogen-bond acceptors (Lipinski definition) is 5. The molecule has 0 aliphatic rings. The predicted octanol–water partition coefficient (Wildman–Crippen LogP) is 11.1. The molecule has 0 fully saturated rings. The SMILES string of the molecule is CC/C=C\C/C=C\C/C=C\C/C=C\CCCCCCCCCCCCCCCCC(=O)NC(COP(=O)(O)OCC[N+](C)(C)C)C(O)/C=C/CCC. The highest BCUT2D eigenvalue weighted by atomic mass is 31.2. The van der Waals surface area contributed by atoms with E-state index in [-0.39, 0.29) is 19.1 Å². The van der Waals surface area contributed by atoms with Crippen molar-refractivity contribution in [2.45, 2.75) is 167 Å². The van der Waals surface area contributed by atoms with Crippen LogP contribution in [-0.2, 0) is 18.4 Å². The molecule has 8 nitrogen and oxygen atoms in total. The van der Waals surface area contributed by atoms with Crippen LogP contribution in [0.2, 0.25) is 0 Å². The van der Waals surface area contributed by atoms with Gasteiger partial charge in [-0.3, -0.25) is 13.8 Å². The van der Waals surface area contributed by atoms with Crippen LogP contribution in [0.1, 0.15) is 155 Å². The van der Waals surface area contributed by atoms with Gasteiger partial charge in [-0.25, -0.2) is 4.57 Å². The molecule has 52 heavy (non-hydrogen) atoms. The molecular weight excluding hydrogens is 671 g/mol. The first-order valence-corrected chi connectivity index (χ1v) is 22.2. The molecule has 9 heteroatoms. The largest absolute Gasteiger partial charge is 0.472 e. The topological polar surface area (TPSA) is 105 Å². The zero-order valence-corrected chi connectivity index (χ0v) is 34.9. The number of likely N-dealkylation sites (N-methyl/N-ethyl adjacent to an activating group) is 1. The van der Waals surface area contributed by atoms with Crippen molar-refractivity contribution < 1.29 is 32.9 Å². The molecule has 0 heterocycles. The van der Waals surface area contributed by atoms with Crippen LogP contribution < -0.4 is 5.32 Å². The zero-order chi connectivity index (χ0) is 38.6. The maximum Gasteiger partial charge on any atom is 0.472 e. The van der Waals surface area contributed by atoms with Crippen LogP contribution in [0.25, 0.3) is 0 Å². The maximum absolute atomic E-state index is 12.7. The second-order valence-electron chi connectivity index (χ2n) is 15.0. The van der Waals surface area contributed by atoms with Gasteiger partial charge in [-0.05, 0) is 51.4 Å². The number of unbranched alkanes of at least 4 members (excludes halogenated alkanes) is 15. The van der Waals surface area contributed by atoms with Crippen LogP contribution >= 0.6 is 7.82 Å². The number of nitrogens with zero attached hydrogens (tertiary/aromatic N) is 1. The second kappa shape index (κ2) is 34.9. The Bertz CT molecular complexity index is 1030. The number of quaternary nitrogens is 1. The van der Waals surface area contributed by atoms with E-state index in [1.54, 1.807) is 6.08 Å². The van der Waals surface area contributed by atoms with E-state index < -0.39 is 20.0 Å². The Morgan fingerprint density at radius 2 is 1.15 bits per heavy atom. The van der Waals surface area contributed by atoms with Crippen molar-refractivity contribution in [1.82, 2.24) is 5.32 Å². The Morgan fingerprint density at radius 1 is 0.673 bits per heavy atom. The maximum atomic E-state index is 12.7. The summed E-state index contributed by atoms with van der Waals surface area (Å²) in [6.45, 7) is 4.47. The van der Waals surface area contributed by atoms with Crippen LogP contribution in [0.15, 0.2) is 60.8 Å². The van der Waals surface area contributed by atoms with Crippen LogP contribution in [0, 0.1) is 0 Å². The lowest BCUT2D eigenvalue weighted by Crippen LogP contribution is -2.45. The first-order chi connectivity index (χ1) is 25.0. The van der Waals surface area contributed by atoms with Gasteiger partial charge in [0.1, 0.15) is 13.2 Å². The lowest BCUT2D eigenvalue weighted by Gasteiger charge is -2.25. The minimum absolute atomic E-state index is 0.0578. The molecule has 1 amide bonds. The van der Waals surface area contributed by atoms with E-state index in [0.717, 1.165) is 57.8 Å². The van der Waals surface area contributed by atoms with E-state index in [0.29, 0.717) is 17.4 Å². The molecule has 0 radical (unpaired) electrons. The molecule has 0 bridgehead atoms. The summed E-state index contributed by atoms with van der Waals surface area (Å²) in [6.07, 6.45) is 45.3. The van der Waals surface area contributed by atoms with Crippen molar-refractivity contribution in [3.63, 3.8) is 0 Å². The van der Waals surface area contributed by atoms with E-state index in [1.807, 2.05) is 34.1 Å². The molecule has 3 N–H and O–H groups in total. The van der Waals surface area contributed by atoms with Crippen molar-refractivity contribution in [1.29, 1.82) is 0 Å². The number of aliphatic hydroxyl groups is 1. The monoisotopic (exact) mass is 752 g/mol. The van der Waals surface area contributed by atoms with E-state index >= 15 is 0 Å². The third-order valence-corrected chi connectivity index (χ3v) is 9.71. The summed E-state index contributed by atoms with van der Waals surface area (Å²) in [6, 6.07) is -0.843. The van der Waals surface area contributed by atoms with E-state index in [1.165, 1.54) is 77.0 Å². The molecule has 0 aromatic rings. The average molecular weight is 752 g/mol. The zero-order valence-electron chi connectivity index (χ0n) is 34.0. The lowest BCUT2D eigenvalue weighted by atomic mass is 10.0. The van der Waals surface area contributed by atoms with Crippen molar-refractivity contribution >= 4 is 13.7 Å². The number of carbonyl (C=O) groups excluding carboxylic acids is 1. The molecule has 0 aliphatic carbocycles. The number of hydrogen-bond donors (Lipinski definition) is 3. The van der Waals surface area contributed by atoms with Crippen molar-refractivity contribution in [2.24, 2.45) is 0 Å². The Balaban J connectivity index is 3.89. The Hall–Kier alpha value is -1.80. The molecule has 0 aromatic carbocycles. The molecule has 0 aromatic heterocycles. The Morgan fingerprint density at radius 3 is 1.65 bits per heavy atom. The number of phosphoric acid groups is 1. The third-order valence-electron chi connectivity index (χ3n) is 8.72. The molecule has 0 aliphatic heterocycles. The number of amides is 1. The van der Waals surface area contributed by atoms with Gasteiger partial charge in [0.05, 0.1) is 39.9 Å². The van der Waals surface area contributed by atoms with E-state index in [9.17, 15) is 19.4 Å². The van der Waals surface area contributed by atoms with Crippen LogP contribution in [-0.4, -0.2) is 73.4 Å². The number of phosphoric ester groups is 1. The molecule has 0 saturated carbocycles. The summed E-state index contributed by atoms with van der Waals surface area (Å²) in [5.41, 5.74) is 0. The van der Waals surface area contributed by atoms with Gasteiger partial charge in [0.2, 0.25) is 5.91 Å². The quantitative estimate of drug-likeness (QED) is 0.0255. The minimum atomic E-state index is -4.31. The summed E-state index contributed by atoms with van der Waals surface area (Å²) >= 11 is 0. The first-order valence-electron chi connectivity index (χ1n) is 20.7. The number of rotatable bonds is 36. The van der Waals surface area contributed by atoms with Gasteiger partial charge in [-0.1, -0.05) is 158 Å². The fraction of sp³-hybridized carbons (Fsp3) is 0.744. The summed E-state index contributed by atoms with van der Waals surface area (Å²) in [4.78, 5) is 22.8. The van der Waals surface area contributed by atoms with Gasteiger partial charge in [0, 0.05) is 6.42 Å². The number of aliphatic hydroxyl groups excluding tert-OH is 1. The standard InChI is InChI=1S/C43H79N2O6P/c1-6-8-10-11-12-13-14-15-16-17-18-19-20-21-22-23-24-25-26-27-28-29-30-31-32-33-35-37-43(47)44-41(42(46)36-34-9-7-2)40-51-52(48,49)50-39-38-45(3,4)5/h8,10,12-13,15-16,18-19,34,36,41-42,46H,6-7,9,11,14,17,20-33,35,37-40H2,1-5H3,(H-,44,47,48,49)/p+1/b10-8-,13-12-,16-15-,19-18-,36-34+. The van der Waals surface area contributed by atoms with Gasteiger partial charge in [0.15, 0.2) is 0 Å².